The molecule has 0 atom stereocenters. The molecule has 0 unspecified atom stereocenters. The third-order valence-electron chi connectivity index (χ3n) is 0.945. The van der Waals surface area contributed by atoms with Crippen LogP contribution in [0, 0.1) is 0 Å². The summed E-state index contributed by atoms with van der Waals surface area (Å²) in [7, 11) is 0. The van der Waals surface area contributed by atoms with E-state index in [1.807, 2.05) is 0 Å². The number of halogens is 1. The molecule has 0 spiro atoms. The van der Waals surface area contributed by atoms with Crippen LogP contribution in [0.4, 0.5) is 0 Å². The van der Waals surface area contributed by atoms with Gasteiger partial charge in [-0.15, -0.1) is 0 Å². The first-order chi connectivity index (χ1) is 4.75. The molecule has 0 saturated carbocycles. The third-order valence-corrected chi connectivity index (χ3v) is 2.48. The molecule has 4 heteroatoms. The van der Waals surface area contributed by atoms with Crippen molar-refractivity contribution in [2.75, 3.05) is 0 Å². The highest BCUT2D eigenvalue weighted by atomic mass is 79.9. The first-order valence-electron chi connectivity index (χ1n) is 2.52. The van der Waals surface area contributed by atoms with Crippen LogP contribution in [-0.2, 0) is 0 Å². The number of nitrogens with zero attached hydrogens (tertiary/aromatic N) is 1. The second kappa shape index (κ2) is 3.07. The molecule has 0 aliphatic rings. The highest BCUT2D eigenvalue weighted by Gasteiger charge is 2.07. The maximum absolute atomic E-state index is 10.9. The van der Waals surface area contributed by atoms with Crippen molar-refractivity contribution in [1.82, 2.24) is 4.37 Å². The molecule has 0 aromatic carbocycles. The Bertz CT molecular complexity index is 268. The van der Waals surface area contributed by atoms with Crippen molar-refractivity contribution in [2.45, 2.75) is 0 Å². The predicted octanol–water partition coefficient (Wildman–Crippen LogP) is 2.27. The maximum Gasteiger partial charge on any atom is 0.205 e. The van der Waals surface area contributed by atoms with Crippen LogP contribution in [0.25, 0.3) is 0 Å². The minimum atomic E-state index is -0.145. The van der Waals surface area contributed by atoms with Gasteiger partial charge in [0.1, 0.15) is 5.69 Å². The third kappa shape index (κ3) is 1.33. The van der Waals surface area contributed by atoms with E-state index in [0.29, 0.717) is 5.69 Å². The Morgan fingerprint density at radius 2 is 2.60 bits per heavy atom. The van der Waals surface area contributed by atoms with Crippen LogP contribution in [0.3, 0.4) is 0 Å². The van der Waals surface area contributed by atoms with E-state index in [1.54, 1.807) is 5.38 Å². The van der Waals surface area contributed by atoms with Crippen LogP contribution in [0.1, 0.15) is 10.5 Å². The van der Waals surface area contributed by atoms with E-state index in [4.69, 9.17) is 0 Å². The quantitative estimate of drug-likeness (QED) is 0.563. The van der Waals surface area contributed by atoms with Crippen molar-refractivity contribution < 1.29 is 4.79 Å². The molecule has 10 heavy (non-hydrogen) atoms. The summed E-state index contributed by atoms with van der Waals surface area (Å²) >= 11 is 4.43. The molecule has 1 rings (SSSR count). The first kappa shape index (κ1) is 7.63. The van der Waals surface area contributed by atoms with Gasteiger partial charge in [-0.05, 0) is 33.5 Å². The number of hydrogen-bond acceptors (Lipinski definition) is 3. The molecule has 0 bridgehead atoms. The Hall–Kier alpha value is -0.480. The highest BCUT2D eigenvalue weighted by molar-refractivity contribution is 9.10. The monoisotopic (exact) mass is 217 g/mol. The van der Waals surface area contributed by atoms with Crippen LogP contribution < -0.4 is 0 Å². The van der Waals surface area contributed by atoms with E-state index in [-0.39, 0.29) is 5.78 Å². The molecule has 0 aliphatic heterocycles. The summed E-state index contributed by atoms with van der Waals surface area (Å²) in [6, 6.07) is 0. The van der Waals surface area contributed by atoms with Gasteiger partial charge in [-0.1, -0.05) is 6.58 Å². The van der Waals surface area contributed by atoms with Crippen molar-refractivity contribution in [3.8, 4) is 0 Å². The highest BCUT2D eigenvalue weighted by Crippen LogP contribution is 2.17. The average molecular weight is 218 g/mol. The van der Waals surface area contributed by atoms with Crippen LogP contribution in [-0.4, -0.2) is 10.2 Å². The maximum atomic E-state index is 10.9. The lowest BCUT2D eigenvalue weighted by Gasteiger charge is -1.85. The first-order valence-corrected chi connectivity index (χ1v) is 4.15. The number of carbonyl (C=O) groups excluding carboxylic acids is 1. The molecule has 2 nitrogen and oxygen atoms in total. The molecular formula is C6H4BrNOS. The van der Waals surface area contributed by atoms with Gasteiger partial charge in [0.05, 0.1) is 4.47 Å². The standard InChI is InChI=1S/C6H4BrNOS/c1-2-5(9)6-4(7)3-10-8-6/h2-3H,1H2. The molecule has 0 radical (unpaired) electrons. The van der Waals surface area contributed by atoms with E-state index in [1.165, 1.54) is 17.6 Å². The summed E-state index contributed by atoms with van der Waals surface area (Å²) in [5.74, 6) is -0.145. The lowest BCUT2D eigenvalue weighted by Crippen LogP contribution is -1.93. The van der Waals surface area contributed by atoms with E-state index in [0.717, 1.165) is 4.47 Å². The normalized spacial score (nSPS) is 9.30. The molecule has 1 aromatic heterocycles. The predicted molar refractivity (Wildman–Crippen MR) is 44.3 cm³/mol. The van der Waals surface area contributed by atoms with Crippen LogP contribution in [0.5, 0.6) is 0 Å². The van der Waals surface area contributed by atoms with Crippen molar-refractivity contribution >= 4 is 33.2 Å². The van der Waals surface area contributed by atoms with Gasteiger partial charge in [-0.2, -0.15) is 4.37 Å². The van der Waals surface area contributed by atoms with Gasteiger partial charge in [0, 0.05) is 5.38 Å². The zero-order chi connectivity index (χ0) is 7.56. The Balaban J connectivity index is 3.04. The Morgan fingerprint density at radius 1 is 1.90 bits per heavy atom. The van der Waals surface area contributed by atoms with E-state index in [2.05, 4.69) is 26.9 Å². The van der Waals surface area contributed by atoms with Crippen LogP contribution in [0.15, 0.2) is 22.5 Å². The van der Waals surface area contributed by atoms with Gasteiger partial charge < -0.3 is 0 Å². The molecule has 0 saturated heterocycles. The van der Waals surface area contributed by atoms with Crippen molar-refractivity contribution in [2.24, 2.45) is 0 Å². The molecule has 0 amide bonds. The molecule has 0 aliphatic carbocycles. The number of rotatable bonds is 2. The zero-order valence-electron chi connectivity index (χ0n) is 5.00. The average Bonchev–Trinajstić information content (AvgIpc) is 2.34. The fourth-order valence-electron chi connectivity index (χ4n) is 0.484. The second-order valence-corrected chi connectivity index (χ2v) is 3.06. The van der Waals surface area contributed by atoms with Crippen molar-refractivity contribution in [1.29, 1.82) is 0 Å². The largest absolute Gasteiger partial charge is 0.287 e. The Labute approximate surface area is 70.9 Å². The zero-order valence-corrected chi connectivity index (χ0v) is 7.41. The number of aromatic nitrogens is 1. The smallest absolute Gasteiger partial charge is 0.205 e. The van der Waals surface area contributed by atoms with Gasteiger partial charge in [-0.3, -0.25) is 4.79 Å². The Morgan fingerprint density at radius 3 is 3.00 bits per heavy atom. The fourth-order valence-corrected chi connectivity index (χ4v) is 1.69. The van der Waals surface area contributed by atoms with Crippen molar-refractivity contribution in [3.63, 3.8) is 0 Å². The van der Waals surface area contributed by atoms with Gasteiger partial charge in [0.15, 0.2) is 0 Å². The molecular weight excluding hydrogens is 214 g/mol. The van der Waals surface area contributed by atoms with Crippen molar-refractivity contribution in [3.05, 3.63) is 28.2 Å². The topological polar surface area (TPSA) is 30.0 Å². The summed E-state index contributed by atoms with van der Waals surface area (Å²) in [6.45, 7) is 3.35. The second-order valence-electron chi connectivity index (χ2n) is 1.58. The summed E-state index contributed by atoms with van der Waals surface area (Å²) in [5, 5.41) is 1.76. The number of carbonyl (C=O) groups is 1. The van der Waals surface area contributed by atoms with Crippen LogP contribution in [0.2, 0.25) is 0 Å². The number of ketones is 1. The molecule has 0 fully saturated rings. The summed E-state index contributed by atoms with van der Waals surface area (Å²) in [4.78, 5) is 10.9. The molecule has 1 aromatic rings. The Kier molecular flexibility index (Phi) is 2.34. The minimum Gasteiger partial charge on any atom is -0.287 e. The SMILES string of the molecule is C=CC(=O)c1nscc1Br. The number of allylic oxidation sites excluding steroid dienone is 1. The van der Waals surface area contributed by atoms with Gasteiger partial charge >= 0.3 is 0 Å². The lowest BCUT2D eigenvalue weighted by atomic mass is 10.3. The molecule has 52 valence electrons. The fraction of sp³-hybridized carbons (Fsp3) is 0. The summed E-state index contributed by atoms with van der Waals surface area (Å²) in [5.41, 5.74) is 0.444. The van der Waals surface area contributed by atoms with Gasteiger partial charge in [-0.25, -0.2) is 0 Å². The van der Waals surface area contributed by atoms with Crippen LogP contribution >= 0.6 is 27.5 Å². The van der Waals surface area contributed by atoms with E-state index >= 15 is 0 Å². The summed E-state index contributed by atoms with van der Waals surface area (Å²) in [6.07, 6.45) is 1.25. The molecule has 0 N–H and O–H groups in total. The molecule has 1 heterocycles. The van der Waals surface area contributed by atoms with Gasteiger partial charge in [0.2, 0.25) is 5.78 Å². The lowest BCUT2D eigenvalue weighted by molar-refractivity contribution is 0.104. The van der Waals surface area contributed by atoms with E-state index < -0.39 is 0 Å². The number of hydrogen-bond donors (Lipinski definition) is 0. The summed E-state index contributed by atoms with van der Waals surface area (Å²) < 4.78 is 4.60. The minimum absolute atomic E-state index is 0.145. The van der Waals surface area contributed by atoms with Gasteiger partial charge in [0.25, 0.3) is 0 Å². The van der Waals surface area contributed by atoms with E-state index in [9.17, 15) is 4.79 Å².